The average molecular weight is 482 g/mol. The first-order valence-electron chi connectivity index (χ1n) is 9.44. The van der Waals surface area contributed by atoms with Crippen molar-refractivity contribution in [2.24, 2.45) is 4.99 Å². The minimum atomic E-state index is -0.353. The maximum atomic E-state index is 5.51. The Hall–Kier alpha value is -2.90. The molecule has 0 aliphatic rings. The maximum absolute atomic E-state index is 5.51. The highest BCUT2D eigenvalue weighted by atomic mass is 35.5. The Morgan fingerprint density at radius 2 is 1.41 bits per heavy atom. The smallest absolute Gasteiger partial charge is 0.161 e. The molecule has 1 unspecified atom stereocenters. The van der Waals surface area contributed by atoms with E-state index in [4.69, 9.17) is 23.9 Å². The van der Waals surface area contributed by atoms with Crippen LogP contribution in [0.5, 0.6) is 23.0 Å². The summed E-state index contributed by atoms with van der Waals surface area (Å²) >= 11 is 0. The molecule has 1 atom stereocenters. The number of methoxy groups -OCH3 is 4. The summed E-state index contributed by atoms with van der Waals surface area (Å²) in [7, 11) is 10.3. The number of rotatable bonds is 8. The predicted molar refractivity (Wildman–Crippen MR) is 133 cm³/mol. The minimum Gasteiger partial charge on any atom is -0.493 e. The van der Waals surface area contributed by atoms with E-state index >= 15 is 0 Å². The lowest BCUT2D eigenvalue weighted by atomic mass is 9.98. The zero-order valence-corrected chi connectivity index (χ0v) is 20.6. The standard InChI is InChI=1S/C23H27N3O4.2ClH/c1-26(2)14-25-22(16-7-8-18(27-3)19(12-16)28-4)23-17-13-21(30-6)20(29-5)11-15(17)9-10-24-23;;/h7-14,22H,1-6H3;2*1H. The molecule has 0 N–H and O–H groups in total. The molecular weight excluding hydrogens is 453 g/mol. The normalized spacial score (nSPS) is 11.3. The van der Waals surface area contributed by atoms with Gasteiger partial charge >= 0.3 is 0 Å². The summed E-state index contributed by atoms with van der Waals surface area (Å²) in [5, 5.41) is 1.93. The van der Waals surface area contributed by atoms with Crippen molar-refractivity contribution < 1.29 is 18.9 Å². The summed E-state index contributed by atoms with van der Waals surface area (Å²) in [6.45, 7) is 0. The largest absolute Gasteiger partial charge is 0.493 e. The van der Waals surface area contributed by atoms with Gasteiger partial charge in [0.1, 0.15) is 6.04 Å². The molecule has 0 saturated carbocycles. The van der Waals surface area contributed by atoms with E-state index in [9.17, 15) is 0 Å². The van der Waals surface area contributed by atoms with Gasteiger partial charge in [0, 0.05) is 25.7 Å². The van der Waals surface area contributed by atoms with Gasteiger partial charge in [-0.05, 0) is 41.3 Å². The second kappa shape index (κ2) is 12.2. The molecule has 0 saturated heterocycles. The van der Waals surface area contributed by atoms with Crippen LogP contribution in [-0.4, -0.2) is 58.8 Å². The zero-order valence-electron chi connectivity index (χ0n) is 19.0. The first-order valence-corrected chi connectivity index (χ1v) is 9.44. The van der Waals surface area contributed by atoms with E-state index in [1.54, 1.807) is 41.0 Å². The van der Waals surface area contributed by atoms with Crippen molar-refractivity contribution in [1.82, 2.24) is 9.88 Å². The average Bonchev–Trinajstić information content (AvgIpc) is 2.77. The van der Waals surface area contributed by atoms with Crippen LogP contribution in [0.2, 0.25) is 0 Å². The number of hydrogen-bond donors (Lipinski definition) is 0. The van der Waals surface area contributed by atoms with Gasteiger partial charge in [0.15, 0.2) is 23.0 Å². The summed E-state index contributed by atoms with van der Waals surface area (Å²) in [5.41, 5.74) is 1.74. The molecule has 0 amide bonds. The van der Waals surface area contributed by atoms with Crippen molar-refractivity contribution in [2.45, 2.75) is 6.04 Å². The topological polar surface area (TPSA) is 65.4 Å². The summed E-state index contributed by atoms with van der Waals surface area (Å²) in [6, 6.07) is 11.3. The fourth-order valence-corrected chi connectivity index (χ4v) is 3.28. The maximum Gasteiger partial charge on any atom is 0.161 e. The van der Waals surface area contributed by atoms with Gasteiger partial charge in [-0.15, -0.1) is 24.8 Å². The van der Waals surface area contributed by atoms with E-state index in [0.29, 0.717) is 23.0 Å². The van der Waals surface area contributed by atoms with E-state index in [2.05, 4.69) is 4.98 Å². The van der Waals surface area contributed by atoms with Crippen LogP contribution >= 0.6 is 24.8 Å². The first-order chi connectivity index (χ1) is 14.5. The highest BCUT2D eigenvalue weighted by Crippen LogP contribution is 2.38. The third-order valence-electron chi connectivity index (χ3n) is 4.73. The molecule has 7 nitrogen and oxygen atoms in total. The SMILES string of the molecule is COc1ccc(C(N=CN(C)C)c2nccc3cc(OC)c(OC)cc23)cc1OC.Cl.Cl. The molecular formula is C23H29Cl2N3O4. The lowest BCUT2D eigenvalue weighted by Gasteiger charge is -2.18. The van der Waals surface area contributed by atoms with Crippen molar-refractivity contribution in [2.75, 3.05) is 42.5 Å². The Labute approximate surface area is 201 Å². The molecule has 9 heteroatoms. The van der Waals surface area contributed by atoms with Crippen LogP contribution in [0.15, 0.2) is 47.6 Å². The number of fused-ring (bicyclic) bond motifs is 1. The summed E-state index contributed by atoms with van der Waals surface area (Å²) in [5.74, 6) is 2.61. The van der Waals surface area contributed by atoms with Crippen LogP contribution < -0.4 is 18.9 Å². The molecule has 1 heterocycles. The minimum absolute atomic E-state index is 0. The third-order valence-corrected chi connectivity index (χ3v) is 4.73. The van der Waals surface area contributed by atoms with Crippen molar-refractivity contribution in [1.29, 1.82) is 0 Å². The Balaban J connectivity index is 0.00000256. The van der Waals surface area contributed by atoms with E-state index in [-0.39, 0.29) is 30.9 Å². The van der Waals surface area contributed by atoms with Crippen molar-refractivity contribution >= 4 is 41.9 Å². The van der Waals surface area contributed by atoms with Gasteiger partial charge in [0.25, 0.3) is 0 Å². The van der Waals surface area contributed by atoms with Crippen molar-refractivity contribution in [3.05, 3.63) is 53.9 Å². The summed E-state index contributed by atoms with van der Waals surface area (Å²) in [4.78, 5) is 11.4. The molecule has 2 aromatic carbocycles. The molecule has 0 bridgehead atoms. The Kier molecular flexibility index (Phi) is 10.4. The highest BCUT2D eigenvalue weighted by molar-refractivity contribution is 5.88. The van der Waals surface area contributed by atoms with Crippen LogP contribution in [0.1, 0.15) is 17.3 Å². The molecule has 0 aliphatic heterocycles. The molecule has 0 fully saturated rings. The number of halogens is 2. The van der Waals surface area contributed by atoms with Crippen molar-refractivity contribution in [3.8, 4) is 23.0 Å². The van der Waals surface area contributed by atoms with Crippen LogP contribution in [0.4, 0.5) is 0 Å². The van der Waals surface area contributed by atoms with Gasteiger partial charge in [-0.3, -0.25) is 9.98 Å². The van der Waals surface area contributed by atoms with E-state index < -0.39 is 0 Å². The second-order valence-corrected chi connectivity index (χ2v) is 6.87. The summed E-state index contributed by atoms with van der Waals surface area (Å²) < 4.78 is 21.8. The highest BCUT2D eigenvalue weighted by Gasteiger charge is 2.20. The number of aromatic nitrogens is 1. The molecule has 3 aromatic rings. The number of ether oxygens (including phenoxy) is 4. The Morgan fingerprint density at radius 1 is 0.812 bits per heavy atom. The fourth-order valence-electron chi connectivity index (χ4n) is 3.28. The number of hydrogen-bond acceptors (Lipinski definition) is 6. The molecule has 174 valence electrons. The number of pyridine rings is 1. The van der Waals surface area contributed by atoms with Crippen LogP contribution in [0, 0.1) is 0 Å². The number of aliphatic imine (C=N–C) groups is 1. The molecule has 1 aromatic heterocycles. The van der Waals surface area contributed by atoms with Gasteiger partial charge in [-0.25, -0.2) is 0 Å². The number of nitrogens with zero attached hydrogens (tertiary/aromatic N) is 3. The molecule has 32 heavy (non-hydrogen) atoms. The van der Waals surface area contributed by atoms with E-state index in [0.717, 1.165) is 22.0 Å². The molecule has 0 spiro atoms. The van der Waals surface area contributed by atoms with Gasteiger partial charge in [0.05, 0.1) is 40.5 Å². The zero-order chi connectivity index (χ0) is 21.7. The third kappa shape index (κ3) is 5.66. The van der Waals surface area contributed by atoms with Crippen LogP contribution in [-0.2, 0) is 0 Å². The van der Waals surface area contributed by atoms with Gasteiger partial charge in [-0.1, -0.05) is 6.07 Å². The van der Waals surface area contributed by atoms with Crippen molar-refractivity contribution in [3.63, 3.8) is 0 Å². The van der Waals surface area contributed by atoms with Gasteiger partial charge in [0.2, 0.25) is 0 Å². The monoisotopic (exact) mass is 481 g/mol. The lowest BCUT2D eigenvalue weighted by molar-refractivity contribution is 0.354. The van der Waals surface area contributed by atoms with Gasteiger partial charge < -0.3 is 23.8 Å². The molecule has 3 rings (SSSR count). The quantitative estimate of drug-likeness (QED) is 0.340. The number of benzene rings is 2. The summed E-state index contributed by atoms with van der Waals surface area (Å²) in [6.07, 6.45) is 3.56. The molecule has 0 radical (unpaired) electrons. The molecule has 0 aliphatic carbocycles. The van der Waals surface area contributed by atoms with Gasteiger partial charge in [-0.2, -0.15) is 0 Å². The Morgan fingerprint density at radius 3 is 2.00 bits per heavy atom. The first kappa shape index (κ1) is 27.1. The fraction of sp³-hybridized carbons (Fsp3) is 0.304. The Bertz CT molecular complexity index is 1060. The van der Waals surface area contributed by atoms with E-state index in [1.165, 1.54) is 0 Å². The van der Waals surface area contributed by atoms with E-state index in [1.807, 2.05) is 55.4 Å². The predicted octanol–water partition coefficient (Wildman–Crippen LogP) is 4.79. The van der Waals surface area contributed by atoms with Crippen LogP contribution in [0.25, 0.3) is 10.8 Å². The van der Waals surface area contributed by atoms with Crippen LogP contribution in [0.3, 0.4) is 0 Å². The lowest BCUT2D eigenvalue weighted by Crippen LogP contribution is -2.11. The second-order valence-electron chi connectivity index (χ2n) is 6.87.